The van der Waals surface area contributed by atoms with Crippen LogP contribution in [0.4, 0.5) is 4.79 Å². The average Bonchev–Trinajstić information content (AvgIpc) is 3.04. The quantitative estimate of drug-likeness (QED) is 0.158. The van der Waals surface area contributed by atoms with E-state index in [0.717, 1.165) is 36.9 Å². The number of carbonyl (C=O) groups is 3. The first-order valence-corrected chi connectivity index (χ1v) is 14.2. The van der Waals surface area contributed by atoms with Gasteiger partial charge in [-0.3, -0.25) is 5.32 Å². The lowest BCUT2D eigenvalue weighted by Crippen LogP contribution is -2.62. The van der Waals surface area contributed by atoms with Crippen molar-refractivity contribution in [2.24, 2.45) is 0 Å². The Morgan fingerprint density at radius 3 is 1.93 bits per heavy atom. The van der Waals surface area contributed by atoms with Gasteiger partial charge in [0.15, 0.2) is 0 Å². The van der Waals surface area contributed by atoms with Crippen LogP contribution in [0.5, 0.6) is 5.75 Å². The van der Waals surface area contributed by atoms with Crippen molar-refractivity contribution < 1.29 is 19.1 Å². The number of nitrogens with one attached hydrogen (secondary N) is 2. The fourth-order valence-electron chi connectivity index (χ4n) is 3.88. The summed E-state index contributed by atoms with van der Waals surface area (Å²) in [5, 5.41) is 9.03. The molecule has 0 aliphatic carbocycles. The fraction of sp³-hybridized carbons (Fsp3) is 0.364. The molecule has 0 saturated heterocycles. The zero-order valence-electron chi connectivity index (χ0n) is 25.6. The molecule has 0 aromatic heterocycles. The van der Waals surface area contributed by atoms with Crippen molar-refractivity contribution in [1.29, 1.82) is 0 Å². The third-order valence-electron chi connectivity index (χ3n) is 6.03. The number of carbonyl (C=O) groups excluding carboxylic acids is 3. The highest BCUT2D eigenvalue weighted by molar-refractivity contribution is 5.74. The van der Waals surface area contributed by atoms with Gasteiger partial charge in [0.05, 0.1) is 20.2 Å². The third-order valence-corrected chi connectivity index (χ3v) is 6.03. The molecule has 42 heavy (non-hydrogen) atoms. The number of benzene rings is 3. The van der Waals surface area contributed by atoms with Crippen LogP contribution in [0.3, 0.4) is 0 Å². The summed E-state index contributed by atoms with van der Waals surface area (Å²) < 4.78 is 5.20. The molecular weight excluding hydrogens is 530 g/mol. The Labute approximate surface area is 251 Å². The van der Waals surface area contributed by atoms with Gasteiger partial charge in [0, 0.05) is 26.7 Å². The first kappa shape index (κ1) is 36.0. The summed E-state index contributed by atoms with van der Waals surface area (Å²) >= 11 is 0. The van der Waals surface area contributed by atoms with Crippen molar-refractivity contribution in [2.75, 3.05) is 47.4 Å². The SMILES string of the molecule is CC.COc1ccc(CCN(C)CC(NCC=O)N(C(=O)NCc2ccccc2)N(C)CC=O)cc1.c1ccccc1. The second kappa shape index (κ2) is 22.6. The molecule has 0 spiro atoms. The molecule has 0 aliphatic rings. The van der Waals surface area contributed by atoms with Crippen LogP contribution < -0.4 is 15.4 Å². The van der Waals surface area contributed by atoms with Crippen LogP contribution in [-0.2, 0) is 22.6 Å². The molecule has 2 N–H and O–H groups in total. The summed E-state index contributed by atoms with van der Waals surface area (Å²) in [5.74, 6) is 0.811. The maximum absolute atomic E-state index is 13.2. The van der Waals surface area contributed by atoms with Crippen molar-refractivity contribution in [2.45, 2.75) is 33.0 Å². The first-order chi connectivity index (χ1) is 20.5. The van der Waals surface area contributed by atoms with Gasteiger partial charge in [-0.15, -0.1) is 0 Å². The lowest BCUT2D eigenvalue weighted by molar-refractivity contribution is -0.113. The van der Waals surface area contributed by atoms with E-state index in [-0.39, 0.29) is 19.1 Å². The predicted molar refractivity (Wildman–Crippen MR) is 169 cm³/mol. The molecule has 1 unspecified atom stereocenters. The molecule has 3 aromatic rings. The van der Waals surface area contributed by atoms with Gasteiger partial charge in [0.25, 0.3) is 0 Å². The molecule has 3 aromatic carbocycles. The number of aldehydes is 2. The summed E-state index contributed by atoms with van der Waals surface area (Å²) in [6, 6.07) is 29.1. The zero-order chi connectivity index (χ0) is 31.0. The van der Waals surface area contributed by atoms with Crippen molar-refractivity contribution in [1.82, 2.24) is 25.6 Å². The van der Waals surface area contributed by atoms with E-state index >= 15 is 0 Å². The molecule has 0 fully saturated rings. The number of hydrazine groups is 1. The molecule has 9 heteroatoms. The summed E-state index contributed by atoms with van der Waals surface area (Å²) in [5.41, 5.74) is 2.13. The Bertz CT molecular complexity index is 1070. The number of urea groups is 1. The molecule has 0 saturated carbocycles. The van der Waals surface area contributed by atoms with E-state index in [1.807, 2.05) is 112 Å². The smallest absolute Gasteiger partial charge is 0.333 e. The van der Waals surface area contributed by atoms with Crippen LogP contribution in [0.15, 0.2) is 91.0 Å². The molecular formula is C33H47N5O4. The highest BCUT2D eigenvalue weighted by Gasteiger charge is 2.28. The standard InChI is InChI=1S/C25H35N5O4.C6H6.C2H6/c1-28(15-13-21-9-11-23(34-3)12-10-21)20-24(26-14-17-31)30(29(2)16-18-32)25(33)27-19-22-7-5-4-6-8-22;1-2-4-6-5-3-1;1-2/h4-12,17-18,24,26H,13-16,19-20H2,1-3H3,(H,27,33);1-6H;1-2H3. The number of rotatable bonds is 15. The molecule has 0 aliphatic heterocycles. The number of hydrogen-bond acceptors (Lipinski definition) is 7. The van der Waals surface area contributed by atoms with Crippen LogP contribution in [0, 0.1) is 0 Å². The number of ether oxygens (including phenoxy) is 1. The minimum Gasteiger partial charge on any atom is -0.497 e. The lowest BCUT2D eigenvalue weighted by atomic mass is 10.1. The van der Waals surface area contributed by atoms with Crippen LogP contribution in [-0.4, -0.2) is 87.1 Å². The maximum atomic E-state index is 13.2. The minimum atomic E-state index is -0.521. The van der Waals surface area contributed by atoms with E-state index in [1.54, 1.807) is 19.2 Å². The minimum absolute atomic E-state index is 0.0353. The van der Waals surface area contributed by atoms with Gasteiger partial charge >= 0.3 is 6.03 Å². The van der Waals surface area contributed by atoms with E-state index < -0.39 is 6.17 Å². The lowest BCUT2D eigenvalue weighted by Gasteiger charge is -2.39. The predicted octanol–water partition coefficient (Wildman–Crippen LogP) is 4.25. The number of methoxy groups -OCH3 is 1. The van der Waals surface area contributed by atoms with Crippen LogP contribution >= 0.6 is 0 Å². The average molecular weight is 578 g/mol. The van der Waals surface area contributed by atoms with Gasteiger partial charge in [0.1, 0.15) is 24.5 Å². The van der Waals surface area contributed by atoms with E-state index in [4.69, 9.17) is 4.74 Å². The van der Waals surface area contributed by atoms with Gasteiger partial charge in [-0.05, 0) is 36.7 Å². The Kier molecular flexibility index (Phi) is 19.4. The molecule has 3 rings (SSSR count). The largest absolute Gasteiger partial charge is 0.497 e. The van der Waals surface area contributed by atoms with Gasteiger partial charge < -0.3 is 24.5 Å². The summed E-state index contributed by atoms with van der Waals surface area (Å²) in [7, 11) is 5.26. The van der Waals surface area contributed by atoms with E-state index in [1.165, 1.54) is 10.6 Å². The molecule has 0 heterocycles. The first-order valence-electron chi connectivity index (χ1n) is 14.2. The fourth-order valence-corrected chi connectivity index (χ4v) is 3.88. The van der Waals surface area contributed by atoms with Crippen molar-refractivity contribution in [3.63, 3.8) is 0 Å². The van der Waals surface area contributed by atoms with Gasteiger partial charge in [-0.1, -0.05) is 92.7 Å². The highest BCUT2D eigenvalue weighted by Crippen LogP contribution is 2.12. The van der Waals surface area contributed by atoms with Crippen LogP contribution in [0.1, 0.15) is 25.0 Å². The number of amides is 2. The Morgan fingerprint density at radius 2 is 1.40 bits per heavy atom. The van der Waals surface area contributed by atoms with Crippen LogP contribution in [0.25, 0.3) is 0 Å². The number of hydrogen-bond donors (Lipinski definition) is 2. The molecule has 0 radical (unpaired) electrons. The second-order valence-electron chi connectivity index (χ2n) is 9.10. The second-order valence-corrected chi connectivity index (χ2v) is 9.10. The summed E-state index contributed by atoms with van der Waals surface area (Å²) in [6.07, 6.45) is 1.78. The van der Waals surface area contributed by atoms with Crippen molar-refractivity contribution in [3.8, 4) is 5.75 Å². The van der Waals surface area contributed by atoms with E-state index in [2.05, 4.69) is 15.5 Å². The number of likely N-dealkylation sites (N-methyl/N-ethyl adjacent to an activating group) is 2. The van der Waals surface area contributed by atoms with Gasteiger partial charge in [0.2, 0.25) is 0 Å². The highest BCUT2D eigenvalue weighted by atomic mass is 16.5. The molecule has 2 amide bonds. The Hall–Kier alpha value is -4.05. The van der Waals surface area contributed by atoms with Crippen molar-refractivity contribution in [3.05, 3.63) is 102 Å². The molecule has 9 nitrogen and oxygen atoms in total. The van der Waals surface area contributed by atoms with E-state index in [9.17, 15) is 14.4 Å². The summed E-state index contributed by atoms with van der Waals surface area (Å²) in [4.78, 5) is 37.5. The normalized spacial score (nSPS) is 10.8. The van der Waals surface area contributed by atoms with Gasteiger partial charge in [-0.2, -0.15) is 0 Å². The van der Waals surface area contributed by atoms with Gasteiger partial charge in [-0.25, -0.2) is 14.8 Å². The third kappa shape index (κ3) is 14.5. The van der Waals surface area contributed by atoms with Crippen LogP contribution in [0.2, 0.25) is 0 Å². The molecule has 228 valence electrons. The topological polar surface area (TPSA) is 94.2 Å². The van der Waals surface area contributed by atoms with Crippen molar-refractivity contribution >= 4 is 18.6 Å². The molecule has 1 atom stereocenters. The molecule has 0 bridgehead atoms. The number of nitrogens with zero attached hydrogens (tertiary/aromatic N) is 3. The summed E-state index contributed by atoms with van der Waals surface area (Å²) in [6.45, 7) is 5.65. The maximum Gasteiger partial charge on any atom is 0.333 e. The zero-order valence-corrected chi connectivity index (χ0v) is 25.6. The Morgan fingerprint density at radius 1 is 0.833 bits per heavy atom. The Balaban J connectivity index is 0.000000959. The van der Waals surface area contributed by atoms with E-state index in [0.29, 0.717) is 13.1 Å². The monoisotopic (exact) mass is 577 g/mol.